The van der Waals surface area contributed by atoms with E-state index in [2.05, 4.69) is 44.5 Å². The van der Waals surface area contributed by atoms with E-state index in [1.54, 1.807) is 16.9 Å². The Hall–Kier alpha value is -3.29. The molecule has 1 aliphatic rings. The number of aromatic nitrogens is 4. The maximum Gasteiger partial charge on any atom is 0.276 e. The summed E-state index contributed by atoms with van der Waals surface area (Å²) in [5.41, 5.74) is 3.27. The third-order valence-corrected chi connectivity index (χ3v) is 5.90. The Morgan fingerprint density at radius 1 is 0.968 bits per heavy atom. The Kier molecular flexibility index (Phi) is 5.36. The number of carbonyl (C=O) groups is 1. The van der Waals surface area contributed by atoms with Crippen LogP contribution < -0.4 is 0 Å². The van der Waals surface area contributed by atoms with E-state index >= 15 is 0 Å². The molecule has 8 heteroatoms. The van der Waals surface area contributed by atoms with Crippen molar-refractivity contribution in [1.29, 1.82) is 0 Å². The van der Waals surface area contributed by atoms with Gasteiger partial charge in [0.1, 0.15) is 0 Å². The van der Waals surface area contributed by atoms with Gasteiger partial charge < -0.3 is 4.90 Å². The fourth-order valence-corrected chi connectivity index (χ4v) is 4.15. The zero-order chi connectivity index (χ0) is 21.2. The zero-order valence-corrected chi connectivity index (χ0v) is 17.6. The van der Waals surface area contributed by atoms with Gasteiger partial charge in [-0.15, -0.1) is 5.10 Å². The summed E-state index contributed by atoms with van der Waals surface area (Å²) >= 11 is 6.22. The minimum Gasteiger partial charge on any atom is -0.335 e. The Morgan fingerprint density at radius 3 is 2.61 bits per heavy atom. The molecule has 0 aliphatic carbocycles. The summed E-state index contributed by atoms with van der Waals surface area (Å²) in [7, 11) is 0. The number of pyridine rings is 1. The molecule has 7 nitrogen and oxygen atoms in total. The van der Waals surface area contributed by atoms with Crippen molar-refractivity contribution in [3.63, 3.8) is 0 Å². The smallest absolute Gasteiger partial charge is 0.276 e. The Labute approximate surface area is 184 Å². The van der Waals surface area contributed by atoms with E-state index in [-0.39, 0.29) is 5.91 Å². The molecule has 156 valence electrons. The van der Waals surface area contributed by atoms with Crippen LogP contribution in [0.25, 0.3) is 16.6 Å². The average molecular weight is 433 g/mol. The van der Waals surface area contributed by atoms with Crippen molar-refractivity contribution >= 4 is 28.4 Å². The average Bonchev–Trinajstić information content (AvgIpc) is 3.30. The molecule has 2 aromatic carbocycles. The Balaban J connectivity index is 1.24. The molecular formula is C23H21ClN6O. The van der Waals surface area contributed by atoms with Gasteiger partial charge in [-0.25, -0.2) is 4.68 Å². The first-order chi connectivity index (χ1) is 15.2. The van der Waals surface area contributed by atoms with Crippen molar-refractivity contribution < 1.29 is 4.79 Å². The molecule has 1 fully saturated rings. The van der Waals surface area contributed by atoms with Gasteiger partial charge in [0.05, 0.1) is 22.4 Å². The van der Waals surface area contributed by atoms with E-state index < -0.39 is 0 Å². The molecule has 0 unspecified atom stereocenters. The molecule has 0 N–H and O–H groups in total. The number of halogens is 1. The van der Waals surface area contributed by atoms with Gasteiger partial charge in [0.25, 0.3) is 5.91 Å². The number of hydrogen-bond donors (Lipinski definition) is 0. The van der Waals surface area contributed by atoms with E-state index in [4.69, 9.17) is 11.6 Å². The number of piperazine rings is 1. The van der Waals surface area contributed by atoms with Crippen molar-refractivity contribution in [1.82, 2.24) is 29.8 Å². The number of amides is 1. The van der Waals surface area contributed by atoms with E-state index in [9.17, 15) is 4.79 Å². The van der Waals surface area contributed by atoms with Crippen LogP contribution in [0.3, 0.4) is 0 Å². The summed E-state index contributed by atoms with van der Waals surface area (Å²) in [5, 5.41) is 9.86. The number of rotatable bonds is 4. The van der Waals surface area contributed by atoms with Crippen molar-refractivity contribution in [2.45, 2.75) is 6.54 Å². The number of carbonyl (C=O) groups excluding carboxylic acids is 1. The summed E-state index contributed by atoms with van der Waals surface area (Å²) < 4.78 is 1.54. The molecule has 0 atom stereocenters. The lowest BCUT2D eigenvalue weighted by Crippen LogP contribution is -2.48. The van der Waals surface area contributed by atoms with Gasteiger partial charge in [0.2, 0.25) is 0 Å². The second kappa shape index (κ2) is 8.45. The molecule has 3 heterocycles. The molecule has 0 spiro atoms. The van der Waals surface area contributed by atoms with E-state index in [1.165, 1.54) is 5.56 Å². The summed E-state index contributed by atoms with van der Waals surface area (Å²) in [5.74, 6) is -0.107. The molecule has 5 rings (SSSR count). The van der Waals surface area contributed by atoms with Gasteiger partial charge in [0.15, 0.2) is 5.69 Å². The highest BCUT2D eigenvalue weighted by atomic mass is 35.5. The van der Waals surface area contributed by atoms with Gasteiger partial charge >= 0.3 is 0 Å². The second-order valence-electron chi connectivity index (χ2n) is 7.56. The fraction of sp³-hybridized carbons (Fsp3) is 0.217. The predicted molar refractivity (Wildman–Crippen MR) is 119 cm³/mol. The molecule has 1 aliphatic heterocycles. The van der Waals surface area contributed by atoms with Gasteiger partial charge in [0, 0.05) is 44.3 Å². The molecular weight excluding hydrogens is 412 g/mol. The second-order valence-corrected chi connectivity index (χ2v) is 7.97. The lowest BCUT2D eigenvalue weighted by atomic mass is 10.1. The first kappa shape index (κ1) is 19.7. The Bertz CT molecular complexity index is 1230. The molecule has 4 aromatic rings. The van der Waals surface area contributed by atoms with Crippen LogP contribution in [0.5, 0.6) is 0 Å². The van der Waals surface area contributed by atoms with Crippen LogP contribution in [0.1, 0.15) is 16.1 Å². The number of fused-ring (bicyclic) bond motifs is 1. The highest BCUT2D eigenvalue weighted by Gasteiger charge is 2.24. The highest BCUT2D eigenvalue weighted by molar-refractivity contribution is 6.32. The maximum absolute atomic E-state index is 12.9. The van der Waals surface area contributed by atoms with Crippen molar-refractivity contribution in [3.05, 3.63) is 83.3 Å². The molecule has 2 aromatic heterocycles. The van der Waals surface area contributed by atoms with E-state index in [1.807, 2.05) is 35.4 Å². The zero-order valence-electron chi connectivity index (χ0n) is 16.9. The first-order valence-corrected chi connectivity index (χ1v) is 10.6. The van der Waals surface area contributed by atoms with Gasteiger partial charge in [-0.05, 0) is 23.8 Å². The SMILES string of the molecule is O=C(c1cn(-c2ccccc2Cl)nn1)N1CCN(Cc2cccc3cccnc23)CC1. The lowest BCUT2D eigenvalue weighted by Gasteiger charge is -2.34. The third kappa shape index (κ3) is 4.02. The number of nitrogens with zero attached hydrogens (tertiary/aromatic N) is 6. The molecule has 1 amide bonds. The quantitative estimate of drug-likeness (QED) is 0.494. The van der Waals surface area contributed by atoms with Gasteiger partial charge in [-0.3, -0.25) is 14.7 Å². The molecule has 1 saturated heterocycles. The van der Waals surface area contributed by atoms with Crippen LogP contribution in [0.15, 0.2) is 67.0 Å². The predicted octanol–water partition coefficient (Wildman–Crippen LogP) is 3.43. The normalized spacial score (nSPS) is 14.8. The van der Waals surface area contributed by atoms with Crippen LogP contribution in [0.2, 0.25) is 5.02 Å². The van der Waals surface area contributed by atoms with Gasteiger partial charge in [-0.2, -0.15) is 0 Å². The van der Waals surface area contributed by atoms with Gasteiger partial charge in [-0.1, -0.05) is 53.2 Å². The molecule has 0 radical (unpaired) electrons. The van der Waals surface area contributed by atoms with Crippen LogP contribution in [0, 0.1) is 0 Å². The highest BCUT2D eigenvalue weighted by Crippen LogP contribution is 2.20. The minimum atomic E-state index is -0.107. The molecule has 31 heavy (non-hydrogen) atoms. The van der Waals surface area contributed by atoms with Crippen LogP contribution >= 0.6 is 11.6 Å². The number of para-hydroxylation sites is 2. The molecule has 0 saturated carbocycles. The standard InChI is InChI=1S/C23H21ClN6O/c24-19-8-1-2-9-21(19)30-16-20(26-27-30)23(31)29-13-11-28(12-14-29)15-18-6-3-5-17-7-4-10-25-22(17)18/h1-10,16H,11-15H2. The third-order valence-electron chi connectivity index (χ3n) is 5.58. The lowest BCUT2D eigenvalue weighted by molar-refractivity contribution is 0.0623. The first-order valence-electron chi connectivity index (χ1n) is 10.2. The maximum atomic E-state index is 12.9. The van der Waals surface area contributed by atoms with Crippen molar-refractivity contribution in [2.75, 3.05) is 26.2 Å². The van der Waals surface area contributed by atoms with E-state index in [0.29, 0.717) is 29.5 Å². The summed E-state index contributed by atoms with van der Waals surface area (Å²) in [6.07, 6.45) is 3.47. The van der Waals surface area contributed by atoms with Crippen LogP contribution in [-0.2, 0) is 6.54 Å². The minimum absolute atomic E-state index is 0.107. The number of hydrogen-bond acceptors (Lipinski definition) is 5. The summed E-state index contributed by atoms with van der Waals surface area (Å²) in [6.45, 7) is 3.71. The monoisotopic (exact) mass is 432 g/mol. The van der Waals surface area contributed by atoms with E-state index in [0.717, 1.165) is 30.5 Å². The summed E-state index contributed by atoms with van der Waals surface area (Å²) in [4.78, 5) is 21.6. The van der Waals surface area contributed by atoms with Crippen molar-refractivity contribution in [3.8, 4) is 5.69 Å². The van der Waals surface area contributed by atoms with Crippen LogP contribution in [0.4, 0.5) is 0 Å². The number of benzene rings is 2. The molecule has 0 bridgehead atoms. The topological polar surface area (TPSA) is 67.2 Å². The Morgan fingerprint density at radius 2 is 1.77 bits per heavy atom. The van der Waals surface area contributed by atoms with Crippen LogP contribution in [-0.4, -0.2) is 61.9 Å². The largest absolute Gasteiger partial charge is 0.335 e. The fourth-order valence-electron chi connectivity index (χ4n) is 3.92. The van der Waals surface area contributed by atoms with Crippen molar-refractivity contribution in [2.24, 2.45) is 0 Å². The summed E-state index contributed by atoms with van der Waals surface area (Å²) in [6, 6.07) is 17.7.